The van der Waals surface area contributed by atoms with Gasteiger partial charge in [-0.25, -0.2) is 4.79 Å². The molecule has 0 heterocycles. The van der Waals surface area contributed by atoms with Gasteiger partial charge in [-0.2, -0.15) is 0 Å². The number of ketones is 2. The number of unbranched alkanes of at least 4 members (excludes halogenated alkanes) is 2. The highest BCUT2D eigenvalue weighted by molar-refractivity contribution is 6.26. The van der Waals surface area contributed by atoms with E-state index in [9.17, 15) is 14.4 Å². The van der Waals surface area contributed by atoms with Crippen LogP contribution in [0.2, 0.25) is 0 Å². The van der Waals surface area contributed by atoms with Crippen LogP contribution in [0, 0.1) is 5.41 Å². The lowest BCUT2D eigenvalue weighted by Crippen LogP contribution is -2.31. The Hall–Kier alpha value is -1.71. The molecule has 0 radical (unpaired) electrons. The molecule has 0 aromatic heterocycles. The molecule has 0 fully saturated rings. The molecule has 0 saturated heterocycles. The number of hydrogen-bond acceptors (Lipinski definition) is 3. The number of carbonyl (C=O) groups excluding carboxylic acids is 2. The molecule has 0 atom stereocenters. The van der Waals surface area contributed by atoms with Gasteiger partial charge >= 0.3 is 5.97 Å². The monoisotopic (exact) mass is 278 g/mol. The standard InChI is InChI=1S/C16H22O4/c1-5-6-7-8-12(17)13-10(2)14(18)11(15(19)20)9-16(13,3)4/h9H,5-8H2,1-4H3,(H,19,20). The first-order valence-electron chi connectivity index (χ1n) is 6.97. The smallest absolute Gasteiger partial charge is 0.339 e. The lowest BCUT2D eigenvalue weighted by molar-refractivity contribution is -0.134. The molecule has 0 amide bonds. The molecule has 0 unspecified atom stereocenters. The van der Waals surface area contributed by atoms with Crippen molar-refractivity contribution in [3.8, 4) is 0 Å². The normalized spacial score (nSPS) is 18.0. The molecule has 0 aromatic carbocycles. The third-order valence-electron chi connectivity index (χ3n) is 3.63. The van der Waals surface area contributed by atoms with Gasteiger partial charge in [0.25, 0.3) is 0 Å². The van der Waals surface area contributed by atoms with Crippen molar-refractivity contribution in [2.24, 2.45) is 5.41 Å². The van der Waals surface area contributed by atoms with Crippen molar-refractivity contribution in [1.82, 2.24) is 0 Å². The second-order valence-corrected chi connectivity index (χ2v) is 5.79. The fraction of sp³-hybridized carbons (Fsp3) is 0.562. The molecule has 1 rings (SSSR count). The summed E-state index contributed by atoms with van der Waals surface area (Å²) in [6, 6.07) is 0. The van der Waals surface area contributed by atoms with Crippen molar-refractivity contribution in [2.75, 3.05) is 0 Å². The zero-order valence-corrected chi connectivity index (χ0v) is 12.6. The average Bonchev–Trinajstić information content (AvgIpc) is 2.33. The number of hydrogen-bond donors (Lipinski definition) is 1. The van der Waals surface area contributed by atoms with Crippen LogP contribution in [0.5, 0.6) is 0 Å². The fourth-order valence-corrected chi connectivity index (χ4v) is 2.69. The van der Waals surface area contributed by atoms with E-state index < -0.39 is 17.2 Å². The molecule has 20 heavy (non-hydrogen) atoms. The van der Waals surface area contributed by atoms with Crippen LogP contribution < -0.4 is 0 Å². The van der Waals surface area contributed by atoms with Crippen molar-refractivity contribution >= 4 is 17.5 Å². The maximum atomic E-state index is 12.3. The van der Waals surface area contributed by atoms with Crippen LogP contribution in [0.3, 0.4) is 0 Å². The van der Waals surface area contributed by atoms with E-state index >= 15 is 0 Å². The molecule has 4 nitrogen and oxygen atoms in total. The van der Waals surface area contributed by atoms with Gasteiger partial charge in [0.05, 0.1) is 0 Å². The zero-order chi connectivity index (χ0) is 15.5. The summed E-state index contributed by atoms with van der Waals surface area (Å²) in [5.41, 5.74) is -0.215. The second kappa shape index (κ2) is 6.16. The first kappa shape index (κ1) is 16.3. The first-order valence-corrected chi connectivity index (χ1v) is 6.97. The Labute approximate surface area is 119 Å². The van der Waals surface area contributed by atoms with E-state index in [1.807, 2.05) is 0 Å². The Bertz CT molecular complexity index is 507. The van der Waals surface area contributed by atoms with E-state index in [2.05, 4.69) is 6.92 Å². The summed E-state index contributed by atoms with van der Waals surface area (Å²) < 4.78 is 0. The van der Waals surface area contributed by atoms with Gasteiger partial charge in [0, 0.05) is 23.0 Å². The van der Waals surface area contributed by atoms with Gasteiger partial charge in [-0.05, 0) is 13.3 Å². The van der Waals surface area contributed by atoms with E-state index in [4.69, 9.17) is 5.11 Å². The maximum Gasteiger partial charge on any atom is 0.339 e. The van der Waals surface area contributed by atoms with Gasteiger partial charge in [-0.1, -0.05) is 39.7 Å². The Morgan fingerprint density at radius 2 is 1.85 bits per heavy atom. The van der Waals surface area contributed by atoms with Crippen molar-refractivity contribution in [1.29, 1.82) is 0 Å². The Kier molecular flexibility index (Phi) is 5.03. The number of carboxylic acids is 1. The van der Waals surface area contributed by atoms with E-state index in [1.165, 1.54) is 6.08 Å². The number of aliphatic carboxylic acids is 1. The Morgan fingerprint density at radius 3 is 2.35 bits per heavy atom. The largest absolute Gasteiger partial charge is 0.478 e. The molecule has 1 aliphatic carbocycles. The molecule has 1 N–H and O–H groups in total. The van der Waals surface area contributed by atoms with E-state index in [-0.39, 0.29) is 16.9 Å². The van der Waals surface area contributed by atoms with Crippen LogP contribution in [0.1, 0.15) is 53.4 Å². The van der Waals surface area contributed by atoms with Crippen molar-refractivity contribution in [3.63, 3.8) is 0 Å². The molecular formula is C16H22O4. The van der Waals surface area contributed by atoms with Crippen molar-refractivity contribution in [3.05, 3.63) is 22.8 Å². The quantitative estimate of drug-likeness (QED) is 0.598. The molecular weight excluding hydrogens is 256 g/mol. The predicted octanol–water partition coefficient (Wildman–Crippen LogP) is 3.07. The average molecular weight is 278 g/mol. The number of allylic oxidation sites excluding steroid dienone is 3. The Balaban J connectivity index is 3.10. The number of rotatable bonds is 6. The van der Waals surface area contributed by atoms with Crippen LogP contribution in [0.4, 0.5) is 0 Å². The molecule has 1 aliphatic rings. The van der Waals surface area contributed by atoms with Crippen LogP contribution in [0.15, 0.2) is 22.8 Å². The van der Waals surface area contributed by atoms with Gasteiger partial charge in [-0.15, -0.1) is 0 Å². The van der Waals surface area contributed by atoms with Gasteiger partial charge < -0.3 is 5.11 Å². The third kappa shape index (κ3) is 3.24. The minimum atomic E-state index is -1.24. The lowest BCUT2D eigenvalue weighted by Gasteiger charge is -2.30. The van der Waals surface area contributed by atoms with E-state index in [0.29, 0.717) is 12.0 Å². The second-order valence-electron chi connectivity index (χ2n) is 5.79. The molecule has 0 bridgehead atoms. The van der Waals surface area contributed by atoms with E-state index in [1.54, 1.807) is 20.8 Å². The highest BCUT2D eigenvalue weighted by Crippen LogP contribution is 2.38. The van der Waals surface area contributed by atoms with Crippen LogP contribution in [-0.4, -0.2) is 22.6 Å². The zero-order valence-electron chi connectivity index (χ0n) is 12.6. The summed E-state index contributed by atoms with van der Waals surface area (Å²) in [6.45, 7) is 7.16. The highest BCUT2D eigenvalue weighted by Gasteiger charge is 2.37. The van der Waals surface area contributed by atoms with Crippen LogP contribution in [-0.2, 0) is 14.4 Å². The summed E-state index contributed by atoms with van der Waals surface area (Å²) >= 11 is 0. The molecule has 110 valence electrons. The van der Waals surface area contributed by atoms with Crippen molar-refractivity contribution in [2.45, 2.75) is 53.4 Å². The predicted molar refractivity (Wildman–Crippen MR) is 76.4 cm³/mol. The minimum absolute atomic E-state index is 0.0463. The van der Waals surface area contributed by atoms with Gasteiger partial charge in [0.15, 0.2) is 11.6 Å². The van der Waals surface area contributed by atoms with Crippen molar-refractivity contribution < 1.29 is 19.5 Å². The molecule has 0 aliphatic heterocycles. The minimum Gasteiger partial charge on any atom is -0.478 e. The van der Waals surface area contributed by atoms with Gasteiger partial charge in [-0.3, -0.25) is 9.59 Å². The summed E-state index contributed by atoms with van der Waals surface area (Å²) in [6.07, 6.45) is 4.61. The first-order chi connectivity index (χ1) is 9.22. The summed E-state index contributed by atoms with van der Waals surface area (Å²) in [5, 5.41) is 9.06. The summed E-state index contributed by atoms with van der Waals surface area (Å²) in [5.74, 6) is -1.83. The summed E-state index contributed by atoms with van der Waals surface area (Å²) in [4.78, 5) is 35.5. The number of Topliss-reactive ketones (excluding diaryl/α,β-unsaturated/α-hetero) is 2. The molecule has 0 spiro atoms. The van der Waals surface area contributed by atoms with Gasteiger partial charge in [0.2, 0.25) is 0 Å². The Morgan fingerprint density at radius 1 is 1.25 bits per heavy atom. The van der Waals surface area contributed by atoms with Crippen LogP contribution in [0.25, 0.3) is 0 Å². The van der Waals surface area contributed by atoms with Crippen LogP contribution >= 0.6 is 0 Å². The number of carbonyl (C=O) groups is 3. The maximum absolute atomic E-state index is 12.3. The fourth-order valence-electron chi connectivity index (χ4n) is 2.69. The number of carboxylic acid groups (broad SMARTS) is 1. The molecule has 0 saturated carbocycles. The summed E-state index contributed by atoms with van der Waals surface area (Å²) in [7, 11) is 0. The molecule has 0 aromatic rings. The lowest BCUT2D eigenvalue weighted by atomic mass is 9.72. The van der Waals surface area contributed by atoms with Gasteiger partial charge in [0.1, 0.15) is 5.57 Å². The third-order valence-corrected chi connectivity index (χ3v) is 3.63. The van der Waals surface area contributed by atoms with E-state index in [0.717, 1.165) is 19.3 Å². The topological polar surface area (TPSA) is 71.4 Å². The SMILES string of the molecule is CCCCCC(=O)C1=C(C)C(=O)C(C(=O)O)=CC1(C)C. The molecule has 4 heteroatoms. The highest BCUT2D eigenvalue weighted by atomic mass is 16.4.